The number of para-hydroxylation sites is 3. The number of amides is 1. The Bertz CT molecular complexity index is 839. The second-order valence-corrected chi connectivity index (χ2v) is 6.62. The van der Waals surface area contributed by atoms with Crippen LogP contribution in [0.1, 0.15) is 30.6 Å². The molecule has 8 heteroatoms. The molecule has 0 atom stereocenters. The smallest absolute Gasteiger partial charge is 0.292 e. The van der Waals surface area contributed by atoms with Gasteiger partial charge < -0.3 is 10.1 Å². The second-order valence-electron chi connectivity index (χ2n) is 6.21. The van der Waals surface area contributed by atoms with Crippen LogP contribution in [0.2, 0.25) is 0 Å². The summed E-state index contributed by atoms with van der Waals surface area (Å²) < 4.78 is 5.71. The van der Waals surface area contributed by atoms with E-state index in [1.807, 2.05) is 0 Å². The van der Waals surface area contributed by atoms with Crippen molar-refractivity contribution < 1.29 is 14.5 Å². The van der Waals surface area contributed by atoms with E-state index in [1.54, 1.807) is 36.4 Å². The number of nitrogens with zero attached hydrogens (tertiary/aromatic N) is 1. The third kappa shape index (κ3) is 6.03. The topological polar surface area (TPSA) is 93.5 Å². The molecule has 2 N–H and O–H groups in total. The lowest BCUT2D eigenvalue weighted by Gasteiger charge is -2.13. The lowest BCUT2D eigenvalue weighted by Crippen LogP contribution is -2.34. The molecule has 0 aliphatic heterocycles. The van der Waals surface area contributed by atoms with Gasteiger partial charge in [0.1, 0.15) is 11.4 Å². The molecule has 1 amide bonds. The standard InChI is InChI=1S/C19H21N3O4S/c1-13(2)11-12-26-17-10-6-3-7-14(17)18(23)21-19(27)20-15-8-4-5-9-16(15)22(24)25/h3-10,13H,11-12H2,1-2H3,(H2,20,21,23,27). The van der Waals surface area contributed by atoms with Crippen molar-refractivity contribution in [3.8, 4) is 5.75 Å². The van der Waals surface area contributed by atoms with Crippen LogP contribution in [0, 0.1) is 16.0 Å². The van der Waals surface area contributed by atoms with Gasteiger partial charge in [0.05, 0.1) is 17.1 Å². The molecule has 142 valence electrons. The Morgan fingerprint density at radius 2 is 1.85 bits per heavy atom. The number of thiocarbonyl (C=S) groups is 1. The zero-order chi connectivity index (χ0) is 19.8. The fourth-order valence-corrected chi connectivity index (χ4v) is 2.45. The first-order valence-corrected chi connectivity index (χ1v) is 8.87. The van der Waals surface area contributed by atoms with Gasteiger partial charge in [-0.25, -0.2) is 0 Å². The minimum absolute atomic E-state index is 0.0358. The molecule has 27 heavy (non-hydrogen) atoms. The second kappa shape index (κ2) is 9.63. The Hall–Kier alpha value is -3.00. The van der Waals surface area contributed by atoms with Crippen LogP contribution in [-0.2, 0) is 0 Å². The Labute approximate surface area is 162 Å². The number of anilines is 1. The molecule has 2 aromatic carbocycles. The van der Waals surface area contributed by atoms with Crippen LogP contribution in [0.15, 0.2) is 48.5 Å². The van der Waals surface area contributed by atoms with Gasteiger partial charge in [-0.1, -0.05) is 38.1 Å². The molecule has 0 saturated heterocycles. The van der Waals surface area contributed by atoms with E-state index in [0.29, 0.717) is 23.8 Å². The van der Waals surface area contributed by atoms with Crippen LogP contribution in [-0.4, -0.2) is 22.5 Å². The van der Waals surface area contributed by atoms with Crippen molar-refractivity contribution in [3.05, 3.63) is 64.2 Å². The van der Waals surface area contributed by atoms with E-state index in [1.165, 1.54) is 12.1 Å². The van der Waals surface area contributed by atoms with Crippen molar-refractivity contribution in [2.45, 2.75) is 20.3 Å². The SMILES string of the molecule is CC(C)CCOc1ccccc1C(=O)NC(=S)Nc1ccccc1[N+](=O)[O-]. The molecule has 0 spiro atoms. The van der Waals surface area contributed by atoms with Crippen molar-refractivity contribution in [2.75, 3.05) is 11.9 Å². The predicted octanol–water partition coefficient (Wildman–Crippen LogP) is 4.15. The summed E-state index contributed by atoms with van der Waals surface area (Å²) in [6, 6.07) is 12.9. The number of nitrogens with one attached hydrogen (secondary N) is 2. The number of carbonyl (C=O) groups excluding carboxylic acids is 1. The molecule has 2 rings (SSSR count). The van der Waals surface area contributed by atoms with Gasteiger partial charge in [0, 0.05) is 6.07 Å². The van der Waals surface area contributed by atoms with Crippen LogP contribution in [0.4, 0.5) is 11.4 Å². The van der Waals surface area contributed by atoms with Crippen LogP contribution < -0.4 is 15.4 Å². The van der Waals surface area contributed by atoms with Crippen molar-refractivity contribution in [3.63, 3.8) is 0 Å². The molecule has 0 fully saturated rings. The maximum atomic E-state index is 12.5. The average molecular weight is 387 g/mol. The highest BCUT2D eigenvalue weighted by atomic mass is 32.1. The van der Waals surface area contributed by atoms with Gasteiger partial charge in [-0.15, -0.1) is 0 Å². The van der Waals surface area contributed by atoms with Crippen LogP contribution >= 0.6 is 12.2 Å². The van der Waals surface area contributed by atoms with E-state index in [4.69, 9.17) is 17.0 Å². The van der Waals surface area contributed by atoms with Crippen molar-refractivity contribution in [2.24, 2.45) is 5.92 Å². The maximum Gasteiger partial charge on any atom is 0.292 e. The van der Waals surface area contributed by atoms with E-state index in [9.17, 15) is 14.9 Å². The number of nitro benzene ring substituents is 1. The molecule has 7 nitrogen and oxygen atoms in total. The summed E-state index contributed by atoms with van der Waals surface area (Å²) >= 11 is 5.12. The van der Waals surface area contributed by atoms with E-state index >= 15 is 0 Å². The first kappa shape index (κ1) is 20.3. The molecule has 0 aliphatic carbocycles. The number of hydrogen-bond acceptors (Lipinski definition) is 5. The maximum absolute atomic E-state index is 12.5. The highest BCUT2D eigenvalue weighted by Crippen LogP contribution is 2.23. The fourth-order valence-electron chi connectivity index (χ4n) is 2.25. The number of hydrogen-bond donors (Lipinski definition) is 2. The predicted molar refractivity (Wildman–Crippen MR) is 108 cm³/mol. The van der Waals surface area contributed by atoms with Gasteiger partial charge in [-0.2, -0.15) is 0 Å². The molecule has 0 unspecified atom stereocenters. The molecular formula is C19H21N3O4S. The number of carbonyl (C=O) groups is 1. The largest absolute Gasteiger partial charge is 0.493 e. The lowest BCUT2D eigenvalue weighted by molar-refractivity contribution is -0.383. The highest BCUT2D eigenvalue weighted by Gasteiger charge is 2.17. The molecular weight excluding hydrogens is 366 g/mol. The number of nitro groups is 1. The fraction of sp³-hybridized carbons (Fsp3) is 0.263. The molecule has 2 aromatic rings. The Balaban J connectivity index is 2.05. The van der Waals surface area contributed by atoms with Crippen LogP contribution in [0.3, 0.4) is 0 Å². The van der Waals surface area contributed by atoms with Crippen molar-refractivity contribution >= 4 is 34.6 Å². The highest BCUT2D eigenvalue weighted by molar-refractivity contribution is 7.80. The Morgan fingerprint density at radius 3 is 2.56 bits per heavy atom. The first-order valence-electron chi connectivity index (χ1n) is 8.46. The van der Waals surface area contributed by atoms with Gasteiger partial charge >= 0.3 is 0 Å². The van der Waals surface area contributed by atoms with Gasteiger partial charge in [-0.3, -0.25) is 20.2 Å². The summed E-state index contributed by atoms with van der Waals surface area (Å²) in [6.45, 7) is 4.69. The van der Waals surface area contributed by atoms with Gasteiger partial charge in [0.15, 0.2) is 5.11 Å². The summed E-state index contributed by atoms with van der Waals surface area (Å²) in [5.41, 5.74) is 0.411. The van der Waals surface area contributed by atoms with Crippen molar-refractivity contribution in [1.82, 2.24) is 5.32 Å². The van der Waals surface area contributed by atoms with Crippen molar-refractivity contribution in [1.29, 1.82) is 0 Å². The minimum Gasteiger partial charge on any atom is -0.493 e. The van der Waals surface area contributed by atoms with Crippen LogP contribution in [0.25, 0.3) is 0 Å². The number of benzene rings is 2. The number of ether oxygens (including phenoxy) is 1. The molecule has 0 saturated carbocycles. The summed E-state index contributed by atoms with van der Waals surface area (Å²) in [4.78, 5) is 23.1. The zero-order valence-electron chi connectivity index (χ0n) is 15.1. The summed E-state index contributed by atoms with van der Waals surface area (Å²) in [5, 5.41) is 16.2. The molecule has 0 bridgehead atoms. The van der Waals surface area contributed by atoms with E-state index < -0.39 is 10.8 Å². The molecule has 0 radical (unpaired) electrons. The third-order valence-electron chi connectivity index (χ3n) is 3.66. The van der Waals surface area contributed by atoms with Crippen LogP contribution in [0.5, 0.6) is 5.75 Å². The summed E-state index contributed by atoms with van der Waals surface area (Å²) in [7, 11) is 0. The quantitative estimate of drug-likeness (QED) is 0.421. The van der Waals surface area contributed by atoms with E-state index in [0.717, 1.165) is 6.42 Å². The number of rotatable bonds is 7. The summed E-state index contributed by atoms with van der Waals surface area (Å²) in [6.07, 6.45) is 0.869. The average Bonchev–Trinajstić information content (AvgIpc) is 2.62. The monoisotopic (exact) mass is 387 g/mol. The van der Waals surface area contributed by atoms with Gasteiger partial charge in [0.25, 0.3) is 11.6 Å². The Kier molecular flexibility index (Phi) is 7.25. The molecule has 0 aromatic heterocycles. The van der Waals surface area contributed by atoms with E-state index in [2.05, 4.69) is 24.5 Å². The minimum atomic E-state index is -0.523. The summed E-state index contributed by atoms with van der Waals surface area (Å²) in [5.74, 6) is 0.500. The van der Waals surface area contributed by atoms with Gasteiger partial charge in [-0.05, 0) is 42.8 Å². The molecule has 0 heterocycles. The van der Waals surface area contributed by atoms with E-state index in [-0.39, 0.29) is 16.5 Å². The molecule has 0 aliphatic rings. The lowest BCUT2D eigenvalue weighted by atomic mass is 10.1. The Morgan fingerprint density at radius 1 is 1.19 bits per heavy atom. The normalized spacial score (nSPS) is 10.3. The zero-order valence-corrected chi connectivity index (χ0v) is 15.9. The van der Waals surface area contributed by atoms with Gasteiger partial charge in [0.2, 0.25) is 0 Å². The third-order valence-corrected chi connectivity index (χ3v) is 3.86. The first-order chi connectivity index (χ1) is 12.9.